The van der Waals surface area contributed by atoms with Crippen LogP contribution in [0.25, 0.3) is 10.4 Å². The van der Waals surface area contributed by atoms with Crippen LogP contribution in [0.5, 0.6) is 0 Å². The van der Waals surface area contributed by atoms with E-state index in [9.17, 15) is 8.42 Å². The molecule has 3 aliphatic rings. The quantitative estimate of drug-likeness (QED) is 0.408. The van der Waals surface area contributed by atoms with E-state index >= 15 is 0 Å². The highest BCUT2D eigenvalue weighted by Crippen LogP contribution is 2.47. The van der Waals surface area contributed by atoms with Crippen LogP contribution in [0.2, 0.25) is 0 Å². The Morgan fingerprint density at radius 1 is 1.21 bits per heavy atom. The van der Waals surface area contributed by atoms with E-state index in [2.05, 4.69) is 9.43 Å². The van der Waals surface area contributed by atoms with Gasteiger partial charge in [0.15, 0.2) is 11.6 Å². The van der Waals surface area contributed by atoms with Gasteiger partial charge in [0.1, 0.15) is 24.9 Å². The van der Waals surface area contributed by atoms with Gasteiger partial charge in [-0.1, -0.05) is 0 Å². The highest BCUT2D eigenvalue weighted by atomic mass is 32.2. The van der Waals surface area contributed by atoms with Crippen molar-refractivity contribution >= 4 is 10.3 Å². The van der Waals surface area contributed by atoms with Gasteiger partial charge in [0.25, 0.3) is 0 Å². The van der Waals surface area contributed by atoms with E-state index in [0.717, 1.165) is 0 Å². The largest absolute Gasteiger partial charge is 0.358 e. The maximum Gasteiger partial charge on any atom is 0.358 e. The maximum absolute atomic E-state index is 11.5. The van der Waals surface area contributed by atoms with Crippen molar-refractivity contribution in [1.82, 2.24) is 0 Å². The van der Waals surface area contributed by atoms with Crippen LogP contribution in [0, 0.1) is 0 Å². The van der Waals surface area contributed by atoms with Crippen molar-refractivity contribution in [1.29, 1.82) is 0 Å². The summed E-state index contributed by atoms with van der Waals surface area (Å²) in [5.41, 5.74) is 8.26. The third-order valence-electron chi connectivity index (χ3n) is 3.82. The zero-order valence-electron chi connectivity index (χ0n) is 13.7. The topological polar surface area (TPSA) is 138 Å². The molecule has 3 saturated heterocycles. The standard InChI is InChI=1S/C12H19N3O8S/c1-10(2)20-7-5-18-12(6-19-24(16,17)15-14-13)9(8(7)21-10)22-11(3,4)23-12/h7-9H,5-6H2,1-4H3. The number of azide groups is 1. The van der Waals surface area contributed by atoms with Crippen LogP contribution in [0.3, 0.4) is 0 Å². The first kappa shape index (κ1) is 17.8. The molecule has 0 N–H and O–H groups in total. The fourth-order valence-corrected chi connectivity index (χ4v) is 3.62. The fourth-order valence-electron chi connectivity index (χ4n) is 3.17. The number of hydrogen-bond donors (Lipinski definition) is 0. The second kappa shape index (κ2) is 5.51. The van der Waals surface area contributed by atoms with Crippen LogP contribution >= 0.6 is 0 Å². The van der Waals surface area contributed by atoms with Crippen molar-refractivity contribution < 1.29 is 36.3 Å². The van der Waals surface area contributed by atoms with Gasteiger partial charge in [0.2, 0.25) is 5.79 Å². The average Bonchev–Trinajstić information content (AvgIpc) is 2.88. The first-order valence-electron chi connectivity index (χ1n) is 7.31. The molecule has 4 unspecified atom stereocenters. The first-order chi connectivity index (χ1) is 11.0. The third kappa shape index (κ3) is 3.24. The molecule has 3 aliphatic heterocycles. The van der Waals surface area contributed by atoms with Crippen LogP contribution in [0.4, 0.5) is 0 Å². The molecule has 3 rings (SSSR count). The van der Waals surface area contributed by atoms with E-state index in [0.29, 0.717) is 0 Å². The lowest BCUT2D eigenvalue weighted by molar-refractivity contribution is -0.290. The normalized spacial score (nSPS) is 39.8. The second-order valence-corrected chi connectivity index (χ2v) is 7.92. The lowest BCUT2D eigenvalue weighted by Gasteiger charge is -2.40. The molecule has 0 aliphatic carbocycles. The molecule has 136 valence electrons. The molecule has 0 aromatic heterocycles. The van der Waals surface area contributed by atoms with Crippen LogP contribution in [0.15, 0.2) is 4.52 Å². The molecule has 0 amide bonds. The van der Waals surface area contributed by atoms with E-state index < -0.39 is 46.5 Å². The fraction of sp³-hybridized carbons (Fsp3) is 1.00. The lowest BCUT2D eigenvalue weighted by Crippen LogP contribution is -2.60. The van der Waals surface area contributed by atoms with E-state index in [1.807, 2.05) is 0 Å². The van der Waals surface area contributed by atoms with Crippen molar-refractivity contribution in [3.8, 4) is 0 Å². The van der Waals surface area contributed by atoms with Gasteiger partial charge in [-0.25, -0.2) is 0 Å². The highest BCUT2D eigenvalue weighted by molar-refractivity contribution is 7.85. The minimum atomic E-state index is -4.44. The van der Waals surface area contributed by atoms with Gasteiger partial charge in [-0.3, -0.25) is 4.18 Å². The number of fused-ring (bicyclic) bond motifs is 3. The summed E-state index contributed by atoms with van der Waals surface area (Å²) in [7, 11) is -4.44. The molecule has 3 fully saturated rings. The molecular weight excluding hydrogens is 346 g/mol. The molecule has 3 heterocycles. The summed E-state index contributed by atoms with van der Waals surface area (Å²) >= 11 is 0. The van der Waals surface area contributed by atoms with Crippen molar-refractivity contribution in [3.63, 3.8) is 0 Å². The second-order valence-electron chi connectivity index (χ2n) is 6.66. The van der Waals surface area contributed by atoms with Gasteiger partial charge in [-0.05, 0) is 33.2 Å². The SMILES string of the molecule is CC1(C)OC2COC3(COS(=O)(=O)N=[N+]=[N-])OC(C)(C)OC3C2O1. The summed E-state index contributed by atoms with van der Waals surface area (Å²) < 4.78 is 59.3. The predicted molar refractivity (Wildman–Crippen MR) is 76.6 cm³/mol. The van der Waals surface area contributed by atoms with E-state index in [-0.39, 0.29) is 12.7 Å². The van der Waals surface area contributed by atoms with Gasteiger partial charge in [0, 0.05) is 4.91 Å². The monoisotopic (exact) mass is 365 g/mol. The van der Waals surface area contributed by atoms with Gasteiger partial charge < -0.3 is 23.7 Å². The van der Waals surface area contributed by atoms with Crippen LogP contribution in [0.1, 0.15) is 27.7 Å². The average molecular weight is 365 g/mol. The molecule has 4 atom stereocenters. The molecule has 0 spiro atoms. The Morgan fingerprint density at radius 3 is 2.58 bits per heavy atom. The summed E-state index contributed by atoms with van der Waals surface area (Å²) in [5, 5.41) is 0. The van der Waals surface area contributed by atoms with Gasteiger partial charge in [-0.2, -0.15) is 8.42 Å². The van der Waals surface area contributed by atoms with Crippen LogP contribution in [-0.4, -0.2) is 57.3 Å². The van der Waals surface area contributed by atoms with Gasteiger partial charge in [0.05, 0.1) is 11.1 Å². The molecule has 24 heavy (non-hydrogen) atoms. The molecular formula is C12H19N3O8S. The highest BCUT2D eigenvalue weighted by Gasteiger charge is 2.65. The Labute approximate surface area is 139 Å². The van der Waals surface area contributed by atoms with Crippen LogP contribution < -0.4 is 0 Å². The summed E-state index contributed by atoms with van der Waals surface area (Å²) in [4.78, 5) is 2.21. The molecule has 0 saturated carbocycles. The Hall–Kier alpha value is -0.980. The van der Waals surface area contributed by atoms with Crippen molar-refractivity contribution in [3.05, 3.63) is 10.4 Å². The van der Waals surface area contributed by atoms with Crippen molar-refractivity contribution in [2.45, 2.75) is 63.4 Å². The summed E-state index contributed by atoms with van der Waals surface area (Å²) in [6.45, 7) is 6.40. The minimum absolute atomic E-state index is 0.106. The molecule has 0 aromatic rings. The number of ether oxygens (including phenoxy) is 5. The molecule has 0 aromatic carbocycles. The lowest BCUT2D eigenvalue weighted by atomic mass is 9.98. The Morgan fingerprint density at radius 2 is 1.92 bits per heavy atom. The summed E-state index contributed by atoms with van der Waals surface area (Å²) in [6.07, 6.45) is -1.69. The Kier molecular flexibility index (Phi) is 4.09. The third-order valence-corrected chi connectivity index (χ3v) is 4.51. The Bertz CT molecular complexity index is 674. The van der Waals surface area contributed by atoms with Crippen LogP contribution in [-0.2, 0) is 38.2 Å². The van der Waals surface area contributed by atoms with Gasteiger partial charge in [-0.15, -0.1) is 0 Å². The minimum Gasteiger partial charge on any atom is -0.343 e. The Balaban J connectivity index is 1.86. The van der Waals surface area contributed by atoms with E-state index in [4.69, 9.17) is 33.4 Å². The maximum atomic E-state index is 11.5. The zero-order chi connectivity index (χ0) is 17.8. The zero-order valence-corrected chi connectivity index (χ0v) is 14.5. The van der Waals surface area contributed by atoms with Gasteiger partial charge >= 0.3 is 10.3 Å². The number of nitrogens with zero attached hydrogens (tertiary/aromatic N) is 3. The summed E-state index contributed by atoms with van der Waals surface area (Å²) in [5.74, 6) is -3.41. The first-order valence-corrected chi connectivity index (χ1v) is 8.67. The smallest absolute Gasteiger partial charge is 0.343 e. The molecule has 12 heteroatoms. The van der Waals surface area contributed by atoms with E-state index in [1.165, 1.54) is 0 Å². The summed E-state index contributed by atoms with van der Waals surface area (Å²) in [6, 6.07) is 0. The number of hydrogen-bond acceptors (Lipinski definition) is 8. The molecule has 0 bridgehead atoms. The molecule has 11 nitrogen and oxygen atoms in total. The van der Waals surface area contributed by atoms with Crippen molar-refractivity contribution in [2.75, 3.05) is 13.2 Å². The molecule has 0 radical (unpaired) electrons. The predicted octanol–water partition coefficient (Wildman–Crippen LogP) is 0.956. The van der Waals surface area contributed by atoms with Crippen molar-refractivity contribution in [2.24, 2.45) is 4.52 Å². The van der Waals surface area contributed by atoms with E-state index in [1.54, 1.807) is 27.7 Å². The number of rotatable bonds is 4.